The van der Waals surface area contributed by atoms with Crippen LogP contribution < -0.4 is 154 Å². The first-order valence-electron chi connectivity index (χ1n) is 3.71. The minimum Gasteiger partial charge on any atom is 1.00 e. The molecule has 9 heteroatoms. The second-order valence-corrected chi connectivity index (χ2v) is 4.96. The standard InChI is InChI=1S/C9H6O3Se3.3K/c10-7(13)4-1-2-5(8(11)14)6(3-4)9(12)15;;;/h1-3H,(H,10,13)(H,11,14)(H,12,15);;;/q;3*+1/p-3. The Morgan fingerprint density at radius 3 is 1.50 bits per heavy atom. The SMILES string of the molecule is O=C([Se-])c1ccc(C(=O)[Se-])c(C(=O)[Se-])c1.[K+].[K+].[K+]. The molecule has 0 radical (unpaired) electrons. The fourth-order valence-electron chi connectivity index (χ4n) is 1.02. The van der Waals surface area contributed by atoms with Gasteiger partial charge in [0, 0.05) is 0 Å². The van der Waals surface area contributed by atoms with E-state index in [0.717, 1.165) is 0 Å². The van der Waals surface area contributed by atoms with Crippen LogP contribution in [-0.4, -0.2) is 62.1 Å². The van der Waals surface area contributed by atoms with Crippen molar-refractivity contribution in [3.63, 3.8) is 0 Å². The van der Waals surface area contributed by atoms with E-state index in [1.807, 2.05) is 0 Å². The van der Waals surface area contributed by atoms with Crippen LogP contribution in [0.3, 0.4) is 0 Å². The van der Waals surface area contributed by atoms with Crippen molar-refractivity contribution in [1.82, 2.24) is 0 Å². The Labute approximate surface area is 258 Å². The van der Waals surface area contributed by atoms with Gasteiger partial charge in [0.1, 0.15) is 0 Å². The molecule has 0 saturated heterocycles. The molecule has 78 valence electrons. The first-order valence-corrected chi connectivity index (χ1v) is 6.28. The Kier molecular flexibility index (Phi) is 21.5. The maximum atomic E-state index is 11.2. The molecular weight excluding hydrogens is 510 g/mol. The van der Waals surface area contributed by atoms with Crippen LogP contribution in [-0.2, 0) is 0 Å². The van der Waals surface area contributed by atoms with Gasteiger partial charge in [0.2, 0.25) is 0 Å². The molecule has 0 unspecified atom stereocenters. The van der Waals surface area contributed by atoms with Gasteiger partial charge in [-0.3, -0.25) is 0 Å². The van der Waals surface area contributed by atoms with Gasteiger partial charge >= 0.3 is 266 Å². The maximum Gasteiger partial charge on any atom is 1.00 e. The van der Waals surface area contributed by atoms with Crippen molar-refractivity contribution in [3.05, 3.63) is 34.9 Å². The van der Waals surface area contributed by atoms with Crippen molar-refractivity contribution in [2.24, 2.45) is 0 Å². The molecule has 18 heavy (non-hydrogen) atoms. The van der Waals surface area contributed by atoms with Crippen LogP contribution in [0.2, 0.25) is 0 Å². The summed E-state index contributed by atoms with van der Waals surface area (Å²) in [5, 5.41) is 0. The summed E-state index contributed by atoms with van der Waals surface area (Å²) >= 11 is 6.91. The summed E-state index contributed by atoms with van der Waals surface area (Å²) in [6, 6.07) is 4.34. The normalized spacial score (nSPS) is 8.00. The van der Waals surface area contributed by atoms with E-state index in [-0.39, 0.29) is 179 Å². The molecule has 1 aromatic carbocycles. The molecule has 0 aliphatic rings. The van der Waals surface area contributed by atoms with E-state index < -0.39 is 0 Å². The number of carbonyl (C=O) groups is 3. The summed E-state index contributed by atoms with van der Waals surface area (Å²) in [5.41, 5.74) is 0.835. The maximum absolute atomic E-state index is 11.2. The van der Waals surface area contributed by atoms with Gasteiger partial charge in [-0.1, -0.05) is 0 Å². The molecular formula is C9H3K3O3Se3. The van der Waals surface area contributed by atoms with Crippen LogP contribution in [0.25, 0.3) is 0 Å². The second-order valence-electron chi connectivity index (χ2n) is 2.62. The van der Waals surface area contributed by atoms with Crippen LogP contribution in [0, 0.1) is 0 Å². The van der Waals surface area contributed by atoms with Crippen LogP contribution in [0.1, 0.15) is 31.1 Å². The van der Waals surface area contributed by atoms with Crippen molar-refractivity contribution in [3.8, 4) is 0 Å². The zero-order chi connectivity index (χ0) is 11.6. The van der Waals surface area contributed by atoms with Crippen LogP contribution in [0.4, 0.5) is 0 Å². The Balaban J connectivity index is -0.000000750. The summed E-state index contributed by atoms with van der Waals surface area (Å²) < 4.78 is -0.957. The van der Waals surface area contributed by atoms with Crippen molar-refractivity contribution in [2.45, 2.75) is 0 Å². The topological polar surface area (TPSA) is 51.2 Å². The Morgan fingerprint density at radius 1 is 0.722 bits per heavy atom. The fourth-order valence-corrected chi connectivity index (χ4v) is 2.01. The molecule has 1 rings (SSSR count). The summed E-state index contributed by atoms with van der Waals surface area (Å²) in [6.07, 6.45) is 0. The molecule has 0 spiro atoms. The Morgan fingerprint density at radius 2 is 1.17 bits per heavy atom. The average molecular weight is 513 g/mol. The van der Waals surface area contributed by atoms with Gasteiger partial charge in [-0.15, -0.1) is 0 Å². The van der Waals surface area contributed by atoms with Crippen molar-refractivity contribution >= 4 is 62.1 Å². The predicted molar refractivity (Wildman–Crippen MR) is 56.7 cm³/mol. The molecule has 0 saturated carbocycles. The monoisotopic (exact) mass is 516 g/mol. The largest absolute Gasteiger partial charge is 1.00 e. The minimum absolute atomic E-state index is 0. The molecule has 0 N–H and O–H groups in total. The van der Waals surface area contributed by atoms with E-state index in [2.05, 4.69) is 48.0 Å². The third kappa shape index (κ3) is 9.11. The smallest absolute Gasteiger partial charge is 1.00 e. The molecule has 0 amide bonds. The van der Waals surface area contributed by atoms with E-state index >= 15 is 0 Å². The van der Waals surface area contributed by atoms with Gasteiger partial charge in [-0.2, -0.15) is 0 Å². The van der Waals surface area contributed by atoms with E-state index in [1.54, 1.807) is 0 Å². The van der Waals surface area contributed by atoms with Gasteiger partial charge in [0.25, 0.3) is 0 Å². The number of rotatable bonds is 3. The molecule has 3 nitrogen and oxygen atoms in total. The van der Waals surface area contributed by atoms with E-state index in [9.17, 15) is 14.4 Å². The van der Waals surface area contributed by atoms with Crippen molar-refractivity contribution in [2.75, 3.05) is 0 Å². The molecule has 0 atom stereocenters. The van der Waals surface area contributed by atoms with Crippen LogP contribution in [0.5, 0.6) is 0 Å². The van der Waals surface area contributed by atoms with Gasteiger partial charge in [0.15, 0.2) is 0 Å². The fraction of sp³-hybridized carbons (Fsp3) is 0. The molecule has 0 aliphatic carbocycles. The van der Waals surface area contributed by atoms with Gasteiger partial charge < -0.3 is 0 Å². The second kappa shape index (κ2) is 14.1. The van der Waals surface area contributed by atoms with E-state index in [0.29, 0.717) is 5.56 Å². The minimum atomic E-state index is -0.364. The molecule has 0 heterocycles. The van der Waals surface area contributed by atoms with Crippen LogP contribution in [0.15, 0.2) is 18.2 Å². The average Bonchev–Trinajstić information content (AvgIpc) is 2.16. The third-order valence-corrected chi connectivity index (χ3v) is 3.11. The van der Waals surface area contributed by atoms with Gasteiger partial charge in [-0.05, 0) is 0 Å². The Bertz CT molecular complexity index is 466. The summed E-state index contributed by atoms with van der Waals surface area (Å²) in [7, 11) is 0. The quantitative estimate of drug-likeness (QED) is 0.378. The zero-order valence-electron chi connectivity index (χ0n) is 10.2. The molecule has 1 aromatic rings. The molecule has 0 fully saturated rings. The van der Waals surface area contributed by atoms with Crippen molar-refractivity contribution in [1.29, 1.82) is 0 Å². The first-order chi connectivity index (χ1) is 6.93. The number of carbonyl (C=O) groups excluding carboxylic acids is 3. The summed E-state index contributed by atoms with van der Waals surface area (Å²) in [5.74, 6) is 0. The number of hydrogen-bond donors (Lipinski definition) is 0. The first kappa shape index (κ1) is 27.5. The Hall–Kier alpha value is 4.70. The van der Waals surface area contributed by atoms with Crippen LogP contribution >= 0.6 is 0 Å². The molecule has 0 aliphatic heterocycles. The van der Waals surface area contributed by atoms with Gasteiger partial charge in [-0.25, -0.2) is 0 Å². The number of benzene rings is 1. The van der Waals surface area contributed by atoms with E-state index in [1.165, 1.54) is 18.2 Å². The molecule has 0 aromatic heterocycles. The number of hydrogen-bond acceptors (Lipinski definition) is 3. The zero-order valence-corrected chi connectivity index (χ0v) is 24.7. The van der Waals surface area contributed by atoms with Crippen molar-refractivity contribution < 1.29 is 169 Å². The summed E-state index contributed by atoms with van der Waals surface area (Å²) in [4.78, 5) is 33.4. The third-order valence-electron chi connectivity index (χ3n) is 1.70. The summed E-state index contributed by atoms with van der Waals surface area (Å²) in [6.45, 7) is 0. The van der Waals surface area contributed by atoms with E-state index in [4.69, 9.17) is 0 Å². The molecule has 0 bridgehead atoms. The van der Waals surface area contributed by atoms with Gasteiger partial charge in [0.05, 0.1) is 0 Å². The predicted octanol–water partition coefficient (Wildman–Crippen LogP) is -9.38.